The molecule has 0 aliphatic rings. The van der Waals surface area contributed by atoms with E-state index < -0.39 is 0 Å². The highest BCUT2D eigenvalue weighted by atomic mass is 28.2. The molecule has 2 atom stereocenters. The van der Waals surface area contributed by atoms with Gasteiger partial charge in [-0.05, 0) is 5.92 Å². The van der Waals surface area contributed by atoms with Crippen LogP contribution in [0.3, 0.4) is 0 Å². The molecule has 0 bridgehead atoms. The maximum absolute atomic E-state index is 10.9. The van der Waals surface area contributed by atoms with Crippen molar-refractivity contribution >= 4 is 16.5 Å². The Kier molecular flexibility index (Phi) is 4.35. The molecule has 2 unspecified atom stereocenters. The van der Waals surface area contributed by atoms with Crippen LogP contribution in [0.25, 0.3) is 0 Å². The van der Waals surface area contributed by atoms with Crippen LogP contribution in [-0.2, 0) is 9.22 Å². The molecule has 0 N–H and O–H groups in total. The van der Waals surface area contributed by atoms with Crippen LogP contribution in [0, 0.1) is 11.8 Å². The summed E-state index contributed by atoms with van der Waals surface area (Å²) in [5.41, 5.74) is 0. The van der Waals surface area contributed by atoms with E-state index in [1.165, 1.54) is 0 Å². The van der Waals surface area contributed by atoms with Crippen molar-refractivity contribution in [2.45, 2.75) is 27.2 Å². The second-order valence-electron chi connectivity index (χ2n) is 2.70. The minimum Gasteiger partial charge on any atom is -0.529 e. The van der Waals surface area contributed by atoms with E-state index in [1.807, 2.05) is 6.92 Å². The molecule has 3 heteroatoms. The van der Waals surface area contributed by atoms with Crippen LogP contribution in [0.4, 0.5) is 0 Å². The van der Waals surface area contributed by atoms with Crippen LogP contribution in [0.1, 0.15) is 27.2 Å². The molecule has 0 saturated carbocycles. The van der Waals surface area contributed by atoms with Gasteiger partial charge in [0.2, 0.25) is 10.5 Å². The standard InChI is InChI=1S/C7H16O2Si/c1-4-5(2)6(3)7(8)9-10/h5-6H,4H2,1-3,10H3. The smallest absolute Gasteiger partial charge is 0.294 e. The Morgan fingerprint density at radius 1 is 1.60 bits per heavy atom. The quantitative estimate of drug-likeness (QED) is 0.562. The van der Waals surface area contributed by atoms with E-state index in [9.17, 15) is 4.79 Å². The highest BCUT2D eigenvalue weighted by Crippen LogP contribution is 2.14. The molecule has 0 rings (SSSR count). The molecule has 0 aliphatic carbocycles. The van der Waals surface area contributed by atoms with E-state index in [0.717, 1.165) is 6.42 Å². The summed E-state index contributed by atoms with van der Waals surface area (Å²) in [5, 5.41) is 0. The van der Waals surface area contributed by atoms with Crippen LogP contribution in [-0.4, -0.2) is 16.5 Å². The van der Waals surface area contributed by atoms with Crippen molar-refractivity contribution in [2.75, 3.05) is 0 Å². The Labute approximate surface area is 65.5 Å². The maximum atomic E-state index is 10.9. The first-order valence-corrected chi connectivity index (χ1v) is 4.53. The average Bonchev–Trinajstić information content (AvgIpc) is 2.00. The molecule has 0 amide bonds. The molecule has 10 heavy (non-hydrogen) atoms. The largest absolute Gasteiger partial charge is 0.529 e. The van der Waals surface area contributed by atoms with Crippen LogP contribution in [0.5, 0.6) is 0 Å². The van der Waals surface area contributed by atoms with E-state index in [4.69, 9.17) is 4.43 Å². The summed E-state index contributed by atoms with van der Waals surface area (Å²) in [7, 11) is 0.519. The minimum absolute atomic E-state index is 0.0407. The molecule has 0 radical (unpaired) electrons. The van der Waals surface area contributed by atoms with Gasteiger partial charge in [0.25, 0.3) is 5.97 Å². The Hall–Kier alpha value is -0.313. The van der Waals surface area contributed by atoms with Gasteiger partial charge in [-0.3, -0.25) is 4.79 Å². The van der Waals surface area contributed by atoms with Gasteiger partial charge in [-0.25, -0.2) is 0 Å². The zero-order valence-electron chi connectivity index (χ0n) is 7.18. The second kappa shape index (κ2) is 4.49. The molecule has 0 fully saturated rings. The molecule has 60 valence electrons. The van der Waals surface area contributed by atoms with E-state index in [2.05, 4.69) is 13.8 Å². The summed E-state index contributed by atoms with van der Waals surface area (Å²) < 4.78 is 4.73. The number of hydrogen-bond donors (Lipinski definition) is 0. The zero-order chi connectivity index (χ0) is 8.15. The van der Waals surface area contributed by atoms with Crippen LogP contribution in [0.15, 0.2) is 0 Å². The molecule has 0 heterocycles. The average molecular weight is 160 g/mol. The van der Waals surface area contributed by atoms with Gasteiger partial charge in [0.1, 0.15) is 0 Å². The van der Waals surface area contributed by atoms with Crippen molar-refractivity contribution < 1.29 is 9.22 Å². The van der Waals surface area contributed by atoms with Crippen LogP contribution < -0.4 is 0 Å². The topological polar surface area (TPSA) is 26.3 Å². The fraction of sp³-hybridized carbons (Fsp3) is 0.857. The van der Waals surface area contributed by atoms with Crippen molar-refractivity contribution in [3.8, 4) is 0 Å². The van der Waals surface area contributed by atoms with Gasteiger partial charge >= 0.3 is 0 Å². The molecular weight excluding hydrogens is 144 g/mol. The third-order valence-corrected chi connectivity index (χ3v) is 2.47. The summed E-state index contributed by atoms with van der Waals surface area (Å²) in [4.78, 5) is 10.9. The first kappa shape index (κ1) is 9.69. The Bertz CT molecular complexity index is 114. The lowest BCUT2D eigenvalue weighted by Gasteiger charge is -2.15. The number of rotatable bonds is 3. The number of carbonyl (C=O) groups is 1. The van der Waals surface area contributed by atoms with Crippen molar-refractivity contribution in [1.82, 2.24) is 0 Å². The van der Waals surface area contributed by atoms with Gasteiger partial charge in [-0.15, -0.1) is 0 Å². The molecule has 0 saturated heterocycles. The van der Waals surface area contributed by atoms with E-state index >= 15 is 0 Å². The molecule has 0 aromatic rings. The molecule has 0 aromatic carbocycles. The first-order valence-electron chi connectivity index (χ1n) is 3.71. The van der Waals surface area contributed by atoms with E-state index in [0.29, 0.717) is 16.4 Å². The molecule has 0 aliphatic heterocycles. The van der Waals surface area contributed by atoms with Gasteiger partial charge in [0.15, 0.2) is 0 Å². The lowest BCUT2D eigenvalue weighted by molar-refractivity contribution is -0.139. The number of hydrogen-bond acceptors (Lipinski definition) is 2. The Morgan fingerprint density at radius 3 is 2.40 bits per heavy atom. The fourth-order valence-electron chi connectivity index (χ4n) is 0.772. The van der Waals surface area contributed by atoms with E-state index in [1.54, 1.807) is 0 Å². The fourth-order valence-corrected chi connectivity index (χ4v) is 1.14. The molecule has 2 nitrogen and oxygen atoms in total. The van der Waals surface area contributed by atoms with Crippen molar-refractivity contribution in [2.24, 2.45) is 11.8 Å². The van der Waals surface area contributed by atoms with Gasteiger partial charge in [0.05, 0.1) is 5.92 Å². The lowest BCUT2D eigenvalue weighted by atomic mass is 9.94. The summed E-state index contributed by atoms with van der Waals surface area (Å²) in [6.45, 7) is 6.08. The monoisotopic (exact) mass is 160 g/mol. The van der Waals surface area contributed by atoms with Gasteiger partial charge in [-0.1, -0.05) is 27.2 Å². The molecule has 0 spiro atoms. The third kappa shape index (κ3) is 2.52. The summed E-state index contributed by atoms with van der Waals surface area (Å²) in [5.74, 6) is 0.477. The highest BCUT2D eigenvalue weighted by molar-refractivity contribution is 6.05. The zero-order valence-corrected chi connectivity index (χ0v) is 9.18. The predicted octanol–water partition coefficient (Wildman–Crippen LogP) is 0.492. The van der Waals surface area contributed by atoms with Crippen LogP contribution in [0.2, 0.25) is 0 Å². The van der Waals surface area contributed by atoms with Crippen LogP contribution >= 0.6 is 0 Å². The Morgan fingerprint density at radius 2 is 2.10 bits per heavy atom. The SMILES string of the molecule is CCC(C)C(C)C(=O)O[SiH3]. The summed E-state index contributed by atoms with van der Waals surface area (Å²) >= 11 is 0. The van der Waals surface area contributed by atoms with Crippen molar-refractivity contribution in [3.05, 3.63) is 0 Å². The van der Waals surface area contributed by atoms with Crippen molar-refractivity contribution in [3.63, 3.8) is 0 Å². The van der Waals surface area contributed by atoms with Crippen molar-refractivity contribution in [1.29, 1.82) is 0 Å². The third-order valence-electron chi connectivity index (χ3n) is 2.07. The van der Waals surface area contributed by atoms with Gasteiger partial charge < -0.3 is 4.43 Å². The van der Waals surface area contributed by atoms with Gasteiger partial charge in [0, 0.05) is 0 Å². The molecular formula is C7H16O2Si. The number of carbonyl (C=O) groups excluding carboxylic acids is 1. The minimum atomic E-state index is -0.0407. The normalized spacial score (nSPS) is 16.3. The lowest BCUT2D eigenvalue weighted by Crippen LogP contribution is -2.19. The first-order chi connectivity index (χ1) is 4.63. The highest BCUT2D eigenvalue weighted by Gasteiger charge is 2.17. The predicted molar refractivity (Wildman–Crippen MR) is 44.7 cm³/mol. The maximum Gasteiger partial charge on any atom is 0.294 e. The second-order valence-corrected chi connectivity index (χ2v) is 3.11. The molecule has 0 aromatic heterocycles. The van der Waals surface area contributed by atoms with Gasteiger partial charge in [-0.2, -0.15) is 0 Å². The Balaban J connectivity index is 3.81. The summed E-state index contributed by atoms with van der Waals surface area (Å²) in [6.07, 6.45) is 1.04. The van der Waals surface area contributed by atoms with E-state index in [-0.39, 0.29) is 11.9 Å². The summed E-state index contributed by atoms with van der Waals surface area (Å²) in [6, 6.07) is 0.